The van der Waals surface area contributed by atoms with Crippen molar-refractivity contribution in [3.8, 4) is 0 Å². The predicted molar refractivity (Wildman–Crippen MR) is 111 cm³/mol. The van der Waals surface area contributed by atoms with Gasteiger partial charge in [0.05, 0.1) is 22.3 Å². The van der Waals surface area contributed by atoms with Gasteiger partial charge in [0.2, 0.25) is 0 Å². The molecular formula is C18H20BBrF6N4O2. The van der Waals surface area contributed by atoms with Gasteiger partial charge in [0.15, 0.2) is 0 Å². The molecule has 3 rings (SSSR count). The molecule has 6 nitrogen and oxygen atoms in total. The number of aromatic nitrogens is 2. The lowest BCUT2D eigenvalue weighted by Gasteiger charge is -2.32. The van der Waals surface area contributed by atoms with E-state index in [0.29, 0.717) is 0 Å². The molecule has 176 valence electrons. The van der Waals surface area contributed by atoms with Crippen LogP contribution in [0.5, 0.6) is 0 Å². The molecule has 14 heteroatoms. The van der Waals surface area contributed by atoms with E-state index in [4.69, 9.17) is 20.8 Å². The Hall–Kier alpha value is -2.06. The molecule has 1 fully saturated rings. The average Bonchev–Trinajstić information content (AvgIpc) is 2.83. The van der Waals surface area contributed by atoms with Crippen LogP contribution in [0, 0.1) is 0 Å². The lowest BCUT2D eigenvalue weighted by Crippen LogP contribution is -2.41. The van der Waals surface area contributed by atoms with E-state index >= 15 is 0 Å². The molecular weight excluding hydrogens is 509 g/mol. The van der Waals surface area contributed by atoms with Crippen molar-refractivity contribution in [1.82, 2.24) is 9.97 Å². The maximum Gasteiger partial charge on any atom is 0.497 e. The highest BCUT2D eigenvalue weighted by Gasteiger charge is 2.53. The molecule has 1 saturated heterocycles. The molecule has 0 amide bonds. The first kappa shape index (κ1) is 26.2. The van der Waals surface area contributed by atoms with Gasteiger partial charge < -0.3 is 20.8 Å². The zero-order valence-electron chi connectivity index (χ0n) is 17.4. The Kier molecular flexibility index (Phi) is 7.13. The largest absolute Gasteiger partial charge is 0.497 e. The van der Waals surface area contributed by atoms with Crippen LogP contribution < -0.4 is 16.9 Å². The first-order valence-electron chi connectivity index (χ1n) is 9.01. The van der Waals surface area contributed by atoms with Crippen LogP contribution in [0.3, 0.4) is 0 Å². The number of nitrogen functional groups attached to an aromatic ring is 2. The molecule has 0 saturated carbocycles. The van der Waals surface area contributed by atoms with Crippen LogP contribution >= 0.6 is 15.9 Å². The predicted octanol–water partition coefficient (Wildman–Crippen LogP) is 4.43. The standard InChI is InChI=1S/C12H16BF3N2O2.C6H4BrF3N2/c1-10(2)11(3,4)20-13(19-10)8-6-18-9(17)5-7(8)12(14,15)16;7-4-2-12-5(11)1-3(4)6(8,9)10/h5-6H,1-4H3,(H2,17,18);1-2H,(H2,11,12). The molecule has 32 heavy (non-hydrogen) atoms. The molecule has 0 spiro atoms. The number of hydrogen-bond donors (Lipinski definition) is 2. The summed E-state index contributed by atoms with van der Waals surface area (Å²) in [4.78, 5) is 7.19. The Morgan fingerprint density at radius 1 is 0.812 bits per heavy atom. The van der Waals surface area contributed by atoms with Gasteiger partial charge in [-0.15, -0.1) is 0 Å². The summed E-state index contributed by atoms with van der Waals surface area (Å²) in [5.41, 5.74) is 7.13. The number of alkyl halides is 6. The van der Waals surface area contributed by atoms with E-state index in [1.807, 2.05) is 0 Å². The molecule has 1 aliphatic rings. The summed E-state index contributed by atoms with van der Waals surface area (Å²) in [7, 11) is -1.12. The molecule has 1 aliphatic heterocycles. The highest BCUT2D eigenvalue weighted by atomic mass is 79.9. The van der Waals surface area contributed by atoms with Crippen molar-refractivity contribution in [2.45, 2.75) is 51.2 Å². The number of nitrogens with zero attached hydrogens (tertiary/aromatic N) is 2. The smallest absolute Gasteiger partial charge is 0.399 e. The zero-order chi connectivity index (χ0) is 24.7. The van der Waals surface area contributed by atoms with Gasteiger partial charge in [-0.2, -0.15) is 26.3 Å². The first-order chi connectivity index (χ1) is 14.3. The number of nitrogens with two attached hydrogens (primary N) is 2. The van der Waals surface area contributed by atoms with Gasteiger partial charge in [0.25, 0.3) is 0 Å². The van der Waals surface area contributed by atoms with E-state index in [0.717, 1.165) is 24.5 Å². The van der Waals surface area contributed by atoms with Gasteiger partial charge in [-0.05, 0) is 55.8 Å². The lowest BCUT2D eigenvalue weighted by atomic mass is 9.77. The Balaban J connectivity index is 0.000000258. The fourth-order valence-electron chi connectivity index (χ4n) is 2.56. The third-order valence-corrected chi connectivity index (χ3v) is 5.58. The molecule has 2 aromatic heterocycles. The normalized spacial score (nSPS) is 17.7. The maximum absolute atomic E-state index is 13.1. The Morgan fingerprint density at radius 3 is 1.62 bits per heavy atom. The maximum atomic E-state index is 13.1. The number of halogens is 7. The van der Waals surface area contributed by atoms with Crippen LogP contribution in [0.15, 0.2) is 29.0 Å². The summed E-state index contributed by atoms with van der Waals surface area (Å²) in [6.07, 6.45) is -6.86. The van der Waals surface area contributed by atoms with E-state index in [1.165, 1.54) is 0 Å². The van der Waals surface area contributed by atoms with Gasteiger partial charge in [-0.1, -0.05) is 0 Å². The fraction of sp³-hybridized carbons (Fsp3) is 0.444. The van der Waals surface area contributed by atoms with Crippen LogP contribution in [-0.4, -0.2) is 28.3 Å². The van der Waals surface area contributed by atoms with Crippen molar-refractivity contribution in [3.05, 3.63) is 40.1 Å². The highest BCUT2D eigenvalue weighted by Crippen LogP contribution is 2.38. The van der Waals surface area contributed by atoms with Gasteiger partial charge in [0, 0.05) is 22.3 Å². The minimum absolute atomic E-state index is 0.107. The monoisotopic (exact) mass is 528 g/mol. The van der Waals surface area contributed by atoms with E-state index in [2.05, 4.69) is 25.9 Å². The van der Waals surface area contributed by atoms with Crippen LogP contribution in [0.1, 0.15) is 38.8 Å². The highest BCUT2D eigenvalue weighted by molar-refractivity contribution is 9.10. The SMILES string of the molecule is CC1(C)OB(c2cnc(N)cc2C(F)(F)F)OC1(C)C.Nc1cc(C(F)(F)F)c(Br)cn1. The fourth-order valence-corrected chi connectivity index (χ4v) is 3.00. The van der Waals surface area contributed by atoms with Crippen molar-refractivity contribution < 1.29 is 35.7 Å². The molecule has 0 bridgehead atoms. The molecule has 0 aliphatic carbocycles. The van der Waals surface area contributed by atoms with E-state index in [1.54, 1.807) is 27.7 Å². The second-order valence-electron chi connectivity index (χ2n) is 7.87. The Bertz CT molecular complexity index is 969. The number of pyridine rings is 2. The van der Waals surface area contributed by atoms with Gasteiger partial charge in [-0.3, -0.25) is 0 Å². The molecule has 0 radical (unpaired) electrons. The summed E-state index contributed by atoms with van der Waals surface area (Å²) in [6, 6.07) is 1.57. The summed E-state index contributed by atoms with van der Waals surface area (Å²) < 4.78 is 86.7. The van der Waals surface area contributed by atoms with Crippen molar-refractivity contribution in [1.29, 1.82) is 0 Å². The summed E-state index contributed by atoms with van der Waals surface area (Å²) in [5.74, 6) is -0.344. The van der Waals surface area contributed by atoms with Crippen molar-refractivity contribution in [3.63, 3.8) is 0 Å². The topological polar surface area (TPSA) is 96.3 Å². The van der Waals surface area contributed by atoms with E-state index in [-0.39, 0.29) is 21.6 Å². The van der Waals surface area contributed by atoms with Crippen LogP contribution in [-0.2, 0) is 21.7 Å². The molecule has 0 unspecified atom stereocenters. The Morgan fingerprint density at radius 2 is 1.22 bits per heavy atom. The third-order valence-electron chi connectivity index (χ3n) is 4.95. The second-order valence-corrected chi connectivity index (χ2v) is 8.72. The van der Waals surface area contributed by atoms with Crippen molar-refractivity contribution >= 4 is 40.1 Å². The van der Waals surface area contributed by atoms with Gasteiger partial charge in [-0.25, -0.2) is 9.97 Å². The third kappa shape index (κ3) is 5.84. The Labute approximate surface area is 189 Å². The summed E-state index contributed by atoms with van der Waals surface area (Å²) in [5, 5.41) is 0. The minimum atomic E-state index is -4.55. The number of hydrogen-bond acceptors (Lipinski definition) is 6. The molecule has 0 atom stereocenters. The quantitative estimate of drug-likeness (QED) is 0.420. The molecule has 4 N–H and O–H groups in total. The number of anilines is 2. The van der Waals surface area contributed by atoms with Crippen LogP contribution in [0.25, 0.3) is 0 Å². The number of rotatable bonds is 1. The van der Waals surface area contributed by atoms with E-state index in [9.17, 15) is 26.3 Å². The van der Waals surface area contributed by atoms with Crippen molar-refractivity contribution in [2.75, 3.05) is 11.5 Å². The second kappa shape index (κ2) is 8.71. The molecule has 0 aromatic carbocycles. The summed E-state index contributed by atoms with van der Waals surface area (Å²) >= 11 is 2.73. The zero-order valence-corrected chi connectivity index (χ0v) is 19.0. The van der Waals surface area contributed by atoms with Crippen molar-refractivity contribution in [2.24, 2.45) is 0 Å². The summed E-state index contributed by atoms with van der Waals surface area (Å²) in [6.45, 7) is 7.08. The van der Waals surface area contributed by atoms with E-state index < -0.39 is 41.8 Å². The van der Waals surface area contributed by atoms with Crippen LogP contribution in [0.2, 0.25) is 0 Å². The lowest BCUT2D eigenvalue weighted by molar-refractivity contribution is -0.138. The minimum Gasteiger partial charge on any atom is -0.399 e. The molecule has 3 heterocycles. The van der Waals surface area contributed by atoms with Gasteiger partial charge >= 0.3 is 19.5 Å². The average molecular weight is 529 g/mol. The van der Waals surface area contributed by atoms with Gasteiger partial charge in [0.1, 0.15) is 11.6 Å². The molecule has 2 aromatic rings. The van der Waals surface area contributed by atoms with Crippen LogP contribution in [0.4, 0.5) is 38.0 Å². The first-order valence-corrected chi connectivity index (χ1v) is 9.81.